The molecule has 0 unspecified atom stereocenters. The molecule has 1 N–H and O–H groups in total. The van der Waals surface area contributed by atoms with Crippen molar-refractivity contribution in [2.24, 2.45) is 0 Å². The molecule has 0 aliphatic carbocycles. The molecule has 3 aromatic rings. The normalized spacial score (nSPS) is 11.2. The zero-order valence-electron chi connectivity index (χ0n) is 11.5. The highest BCUT2D eigenvalue weighted by Crippen LogP contribution is 2.23. The van der Waals surface area contributed by atoms with E-state index in [1.807, 2.05) is 0 Å². The maximum atomic E-state index is 13.5. The van der Waals surface area contributed by atoms with E-state index in [0.717, 1.165) is 11.3 Å². The van der Waals surface area contributed by atoms with Gasteiger partial charge in [0.15, 0.2) is 11.6 Å². The van der Waals surface area contributed by atoms with Gasteiger partial charge in [-0.3, -0.25) is 4.72 Å². The van der Waals surface area contributed by atoms with Crippen LogP contribution >= 0.6 is 11.3 Å². The lowest BCUT2D eigenvalue weighted by Gasteiger charge is -2.07. The van der Waals surface area contributed by atoms with E-state index in [-0.39, 0.29) is 21.7 Å². The smallest absolute Gasteiger partial charge is 0.322 e. The first-order valence-electron chi connectivity index (χ1n) is 6.35. The molecule has 0 aliphatic heterocycles. The molecule has 3 rings (SSSR count). The Morgan fingerprint density at radius 1 is 1.09 bits per heavy atom. The predicted octanol–water partition coefficient (Wildman–Crippen LogP) is 3.27. The monoisotopic (exact) mass is 351 g/mol. The van der Waals surface area contributed by atoms with E-state index in [1.54, 1.807) is 17.5 Å². The Balaban J connectivity index is 1.74. The Kier molecular flexibility index (Phi) is 4.22. The number of hydrogen-bond donors (Lipinski definition) is 1. The second-order valence-corrected chi connectivity index (χ2v) is 7.18. The number of halogens is 1. The molecule has 0 radical (unpaired) electrons. The van der Waals surface area contributed by atoms with E-state index < -0.39 is 15.8 Å². The maximum Gasteiger partial charge on any atom is 0.322 e. The van der Waals surface area contributed by atoms with Crippen LogP contribution in [0.2, 0.25) is 0 Å². The van der Waals surface area contributed by atoms with Crippen molar-refractivity contribution in [2.45, 2.75) is 4.21 Å². The molecular formula is C14H10FN3O3S2. The fraction of sp³-hybridized carbons (Fsp3) is 0. The minimum atomic E-state index is -3.66. The van der Waals surface area contributed by atoms with Crippen molar-refractivity contribution in [1.82, 2.24) is 9.97 Å². The largest absolute Gasteiger partial charge is 0.421 e. The maximum absolute atomic E-state index is 13.5. The SMILES string of the molecule is O=S(=O)(Nc1cnc(Oc2ccccc2F)nc1)c1cccs1. The zero-order valence-corrected chi connectivity index (χ0v) is 13.1. The average molecular weight is 351 g/mol. The standard InChI is InChI=1S/C14H10FN3O3S2/c15-11-4-1-2-5-12(11)21-14-16-8-10(9-17-14)18-23(19,20)13-6-3-7-22-13/h1-9,18H. The number of para-hydroxylation sites is 1. The molecule has 1 aromatic carbocycles. The third kappa shape index (κ3) is 3.63. The third-order valence-electron chi connectivity index (χ3n) is 2.68. The summed E-state index contributed by atoms with van der Waals surface area (Å²) >= 11 is 1.10. The van der Waals surface area contributed by atoms with Crippen molar-refractivity contribution < 1.29 is 17.5 Å². The number of thiophene rings is 1. The number of aromatic nitrogens is 2. The summed E-state index contributed by atoms with van der Waals surface area (Å²) in [5.41, 5.74) is 0.180. The van der Waals surface area contributed by atoms with E-state index in [1.165, 1.54) is 36.7 Å². The second-order valence-electron chi connectivity index (χ2n) is 4.32. The van der Waals surface area contributed by atoms with Crippen LogP contribution in [0.3, 0.4) is 0 Å². The van der Waals surface area contributed by atoms with Crippen molar-refractivity contribution in [3.05, 3.63) is 60.0 Å². The molecule has 0 atom stereocenters. The van der Waals surface area contributed by atoms with Crippen LogP contribution in [0.4, 0.5) is 10.1 Å². The van der Waals surface area contributed by atoms with Gasteiger partial charge in [0.1, 0.15) is 4.21 Å². The quantitative estimate of drug-likeness (QED) is 0.763. The van der Waals surface area contributed by atoms with E-state index >= 15 is 0 Å². The van der Waals surface area contributed by atoms with Gasteiger partial charge < -0.3 is 4.74 Å². The fourth-order valence-corrected chi connectivity index (χ4v) is 3.69. The van der Waals surface area contributed by atoms with Crippen LogP contribution in [0, 0.1) is 5.82 Å². The van der Waals surface area contributed by atoms with Crippen molar-refractivity contribution in [1.29, 1.82) is 0 Å². The molecule has 23 heavy (non-hydrogen) atoms. The lowest BCUT2D eigenvalue weighted by molar-refractivity contribution is 0.411. The van der Waals surface area contributed by atoms with Gasteiger partial charge in [-0.15, -0.1) is 11.3 Å². The summed E-state index contributed by atoms with van der Waals surface area (Å²) in [5, 5.41) is 1.66. The minimum Gasteiger partial charge on any atom is -0.421 e. The Hall–Kier alpha value is -2.52. The molecule has 0 aliphatic rings. The Bertz CT molecular complexity index is 897. The van der Waals surface area contributed by atoms with Gasteiger partial charge in [-0.05, 0) is 23.6 Å². The second kappa shape index (κ2) is 6.31. The third-order valence-corrected chi connectivity index (χ3v) is 5.46. The minimum absolute atomic E-state index is 0.0144. The first-order valence-corrected chi connectivity index (χ1v) is 8.72. The summed E-state index contributed by atoms with van der Waals surface area (Å²) in [6, 6.07) is 8.87. The molecular weight excluding hydrogens is 341 g/mol. The first-order chi connectivity index (χ1) is 11.0. The van der Waals surface area contributed by atoms with Gasteiger partial charge in [0.05, 0.1) is 18.1 Å². The van der Waals surface area contributed by atoms with Crippen molar-refractivity contribution >= 4 is 27.0 Å². The van der Waals surface area contributed by atoms with Crippen LogP contribution in [0.15, 0.2) is 58.4 Å². The number of nitrogens with zero attached hydrogens (tertiary/aromatic N) is 2. The number of rotatable bonds is 5. The van der Waals surface area contributed by atoms with Crippen molar-refractivity contribution in [3.8, 4) is 11.8 Å². The van der Waals surface area contributed by atoms with Gasteiger partial charge in [-0.25, -0.2) is 22.8 Å². The summed E-state index contributed by atoms with van der Waals surface area (Å²) in [5.74, 6) is -0.557. The van der Waals surface area contributed by atoms with E-state index in [0.29, 0.717) is 0 Å². The molecule has 0 amide bonds. The van der Waals surface area contributed by atoms with Gasteiger partial charge in [0, 0.05) is 0 Å². The average Bonchev–Trinajstić information content (AvgIpc) is 3.06. The lowest BCUT2D eigenvalue weighted by atomic mass is 10.3. The molecule has 118 valence electrons. The number of sulfonamides is 1. The van der Waals surface area contributed by atoms with E-state index in [9.17, 15) is 12.8 Å². The van der Waals surface area contributed by atoms with Crippen LogP contribution < -0.4 is 9.46 Å². The summed E-state index contributed by atoms with van der Waals surface area (Å²) < 4.78 is 45.3. The lowest BCUT2D eigenvalue weighted by Crippen LogP contribution is -2.11. The summed E-state index contributed by atoms with van der Waals surface area (Å²) in [7, 11) is -3.66. The van der Waals surface area contributed by atoms with Gasteiger partial charge in [0.2, 0.25) is 0 Å². The molecule has 2 aromatic heterocycles. The molecule has 2 heterocycles. The number of hydrogen-bond acceptors (Lipinski definition) is 6. The number of anilines is 1. The highest BCUT2D eigenvalue weighted by Gasteiger charge is 2.15. The topological polar surface area (TPSA) is 81.2 Å². The zero-order chi connectivity index (χ0) is 16.3. The summed E-state index contributed by atoms with van der Waals surface area (Å²) in [6.07, 6.45) is 2.49. The van der Waals surface area contributed by atoms with Gasteiger partial charge in [0.25, 0.3) is 10.0 Å². The van der Waals surface area contributed by atoms with Crippen LogP contribution in [0.5, 0.6) is 11.8 Å². The van der Waals surface area contributed by atoms with Crippen LogP contribution in [-0.4, -0.2) is 18.4 Å². The van der Waals surface area contributed by atoms with Crippen LogP contribution in [-0.2, 0) is 10.0 Å². The van der Waals surface area contributed by atoms with Gasteiger partial charge in [-0.2, -0.15) is 0 Å². The van der Waals surface area contributed by atoms with Gasteiger partial charge >= 0.3 is 6.01 Å². The number of benzene rings is 1. The molecule has 0 fully saturated rings. The van der Waals surface area contributed by atoms with E-state index in [2.05, 4.69) is 14.7 Å². The Morgan fingerprint density at radius 3 is 2.48 bits per heavy atom. The van der Waals surface area contributed by atoms with Crippen molar-refractivity contribution in [2.75, 3.05) is 4.72 Å². The van der Waals surface area contributed by atoms with Gasteiger partial charge in [-0.1, -0.05) is 18.2 Å². The predicted molar refractivity (Wildman–Crippen MR) is 83.6 cm³/mol. The highest BCUT2D eigenvalue weighted by molar-refractivity contribution is 7.94. The summed E-state index contributed by atoms with van der Waals surface area (Å²) in [4.78, 5) is 7.71. The molecule has 6 nitrogen and oxygen atoms in total. The van der Waals surface area contributed by atoms with E-state index in [4.69, 9.17) is 4.74 Å². The van der Waals surface area contributed by atoms with Crippen molar-refractivity contribution in [3.63, 3.8) is 0 Å². The molecule has 9 heteroatoms. The highest BCUT2D eigenvalue weighted by atomic mass is 32.2. The number of nitrogens with one attached hydrogen (secondary N) is 1. The number of ether oxygens (including phenoxy) is 1. The fourth-order valence-electron chi connectivity index (χ4n) is 1.67. The van der Waals surface area contributed by atoms with Crippen LogP contribution in [0.25, 0.3) is 0 Å². The summed E-state index contributed by atoms with van der Waals surface area (Å²) in [6.45, 7) is 0. The first kappa shape index (κ1) is 15.4. The molecule has 0 saturated heterocycles. The molecule has 0 spiro atoms. The Morgan fingerprint density at radius 2 is 1.83 bits per heavy atom. The molecule has 0 saturated carbocycles. The van der Waals surface area contributed by atoms with Crippen LogP contribution in [0.1, 0.15) is 0 Å². The molecule has 0 bridgehead atoms. The Labute approximate surface area is 135 Å².